The normalized spacial score (nSPS) is 10.9. The van der Waals surface area contributed by atoms with Gasteiger partial charge in [0.1, 0.15) is 36.4 Å². The second kappa shape index (κ2) is 9.28. The summed E-state index contributed by atoms with van der Waals surface area (Å²) < 4.78 is 11.5. The highest BCUT2D eigenvalue weighted by molar-refractivity contribution is 6.00. The van der Waals surface area contributed by atoms with Gasteiger partial charge < -0.3 is 15.2 Å². The number of hydrogen-bond donors (Lipinski definition) is 1. The number of hydrogen-bond acceptors (Lipinski definition) is 4. The van der Waals surface area contributed by atoms with E-state index in [2.05, 4.69) is 13.0 Å². The summed E-state index contributed by atoms with van der Waals surface area (Å²) in [7, 11) is 0. The van der Waals surface area contributed by atoms with Crippen molar-refractivity contribution < 1.29 is 14.3 Å². The van der Waals surface area contributed by atoms with Crippen LogP contribution in [0.1, 0.15) is 23.6 Å². The topological polar surface area (TPSA) is 85.3 Å². The summed E-state index contributed by atoms with van der Waals surface area (Å²) in [5.74, 6) is 0.611. The lowest BCUT2D eigenvalue weighted by molar-refractivity contribution is -0.114. The number of rotatable bonds is 8. The third-order valence-electron chi connectivity index (χ3n) is 3.73. The monoisotopic (exact) mass is 350 g/mol. The standard InChI is InChI=1S/C21H22N2O3/c1-3-16-10-15(2)11-19(12-16)25-8-9-26-20-7-5-4-6-17(20)13-18(14-22)21(23)24/h4-7,10-13H,3,8-9H2,1-2H3,(H2,23,24). The van der Waals surface area contributed by atoms with Crippen molar-refractivity contribution >= 4 is 12.0 Å². The number of nitriles is 1. The van der Waals surface area contributed by atoms with E-state index in [-0.39, 0.29) is 5.57 Å². The summed E-state index contributed by atoms with van der Waals surface area (Å²) in [6, 6.07) is 15.1. The zero-order valence-corrected chi connectivity index (χ0v) is 15.0. The molecule has 0 bridgehead atoms. The molecule has 0 saturated heterocycles. The molecule has 0 aliphatic carbocycles. The Bertz CT molecular complexity index is 851. The fourth-order valence-electron chi connectivity index (χ4n) is 2.47. The molecule has 1 amide bonds. The molecule has 0 aromatic heterocycles. The van der Waals surface area contributed by atoms with Gasteiger partial charge in [-0.3, -0.25) is 4.79 Å². The van der Waals surface area contributed by atoms with Gasteiger partial charge in [0.15, 0.2) is 0 Å². The van der Waals surface area contributed by atoms with E-state index in [1.54, 1.807) is 24.3 Å². The summed E-state index contributed by atoms with van der Waals surface area (Å²) in [5.41, 5.74) is 8.06. The molecule has 0 aliphatic heterocycles. The first-order valence-electron chi connectivity index (χ1n) is 8.40. The molecule has 0 radical (unpaired) electrons. The van der Waals surface area contributed by atoms with E-state index in [9.17, 15) is 4.79 Å². The fourth-order valence-corrected chi connectivity index (χ4v) is 2.47. The summed E-state index contributed by atoms with van der Waals surface area (Å²) in [5, 5.41) is 8.97. The van der Waals surface area contributed by atoms with Crippen molar-refractivity contribution in [1.29, 1.82) is 5.26 Å². The fraction of sp³-hybridized carbons (Fsp3) is 0.238. The van der Waals surface area contributed by atoms with Crippen LogP contribution in [0.4, 0.5) is 0 Å². The Morgan fingerprint density at radius 1 is 1.19 bits per heavy atom. The average Bonchev–Trinajstić information content (AvgIpc) is 2.63. The lowest BCUT2D eigenvalue weighted by Gasteiger charge is -2.12. The van der Waals surface area contributed by atoms with Crippen LogP contribution in [0.2, 0.25) is 0 Å². The molecule has 0 fully saturated rings. The van der Waals surface area contributed by atoms with Crippen molar-refractivity contribution in [1.82, 2.24) is 0 Å². The molecule has 0 atom stereocenters. The molecule has 5 nitrogen and oxygen atoms in total. The first kappa shape index (κ1) is 19.1. The Hall–Kier alpha value is -3.26. The minimum absolute atomic E-state index is 0.121. The van der Waals surface area contributed by atoms with E-state index < -0.39 is 5.91 Å². The zero-order chi connectivity index (χ0) is 18.9. The quantitative estimate of drug-likeness (QED) is 0.449. The average molecular weight is 350 g/mol. The molecule has 5 heteroatoms. The zero-order valence-electron chi connectivity index (χ0n) is 15.0. The smallest absolute Gasteiger partial charge is 0.259 e. The van der Waals surface area contributed by atoms with Gasteiger partial charge in [0.25, 0.3) is 5.91 Å². The van der Waals surface area contributed by atoms with E-state index in [1.807, 2.05) is 25.1 Å². The summed E-state index contributed by atoms with van der Waals surface area (Å²) in [4.78, 5) is 11.2. The number of para-hydroxylation sites is 1. The van der Waals surface area contributed by atoms with Gasteiger partial charge in [0.05, 0.1) is 0 Å². The molecular formula is C21H22N2O3. The molecule has 0 saturated carbocycles. The van der Waals surface area contributed by atoms with Crippen LogP contribution in [0.25, 0.3) is 6.08 Å². The van der Waals surface area contributed by atoms with E-state index in [4.69, 9.17) is 20.5 Å². The summed E-state index contributed by atoms with van der Waals surface area (Å²) >= 11 is 0. The number of nitrogens with zero attached hydrogens (tertiary/aromatic N) is 1. The Morgan fingerprint density at radius 2 is 1.92 bits per heavy atom. The molecule has 0 unspecified atom stereocenters. The number of benzene rings is 2. The van der Waals surface area contributed by atoms with Crippen molar-refractivity contribution in [3.05, 3.63) is 64.7 Å². The van der Waals surface area contributed by atoms with Crippen molar-refractivity contribution in [2.45, 2.75) is 20.3 Å². The van der Waals surface area contributed by atoms with Crippen LogP contribution in [0.15, 0.2) is 48.0 Å². The Morgan fingerprint density at radius 3 is 2.62 bits per heavy atom. The summed E-state index contributed by atoms with van der Waals surface area (Å²) in [6.07, 6.45) is 2.38. The van der Waals surface area contributed by atoms with Crippen molar-refractivity contribution in [3.8, 4) is 17.6 Å². The SMILES string of the molecule is CCc1cc(C)cc(OCCOc2ccccc2C=C(C#N)C(N)=O)c1. The highest BCUT2D eigenvalue weighted by atomic mass is 16.5. The first-order chi connectivity index (χ1) is 12.5. The first-order valence-corrected chi connectivity index (χ1v) is 8.40. The van der Waals surface area contributed by atoms with Gasteiger partial charge in [-0.25, -0.2) is 0 Å². The predicted molar refractivity (Wildman–Crippen MR) is 101 cm³/mol. The molecule has 2 N–H and O–H groups in total. The second-order valence-corrected chi connectivity index (χ2v) is 5.78. The van der Waals surface area contributed by atoms with Crippen LogP contribution in [-0.4, -0.2) is 19.1 Å². The highest BCUT2D eigenvalue weighted by Crippen LogP contribution is 2.21. The van der Waals surface area contributed by atoms with Crippen LogP contribution in [0, 0.1) is 18.3 Å². The van der Waals surface area contributed by atoms with Crippen LogP contribution in [0.3, 0.4) is 0 Å². The van der Waals surface area contributed by atoms with Crippen LogP contribution in [-0.2, 0) is 11.2 Å². The predicted octanol–water partition coefficient (Wildman–Crippen LogP) is 3.41. The van der Waals surface area contributed by atoms with Crippen LogP contribution >= 0.6 is 0 Å². The molecule has 2 rings (SSSR count). The number of amides is 1. The molecular weight excluding hydrogens is 328 g/mol. The number of aryl methyl sites for hydroxylation is 2. The largest absolute Gasteiger partial charge is 0.490 e. The minimum Gasteiger partial charge on any atom is -0.490 e. The molecule has 0 aliphatic rings. The number of ether oxygens (including phenoxy) is 2. The lowest BCUT2D eigenvalue weighted by atomic mass is 10.1. The second-order valence-electron chi connectivity index (χ2n) is 5.78. The Labute approximate surface area is 153 Å². The highest BCUT2D eigenvalue weighted by Gasteiger charge is 2.07. The molecule has 26 heavy (non-hydrogen) atoms. The van der Waals surface area contributed by atoms with Crippen molar-refractivity contribution in [3.63, 3.8) is 0 Å². The molecule has 134 valence electrons. The van der Waals surface area contributed by atoms with Crippen LogP contribution < -0.4 is 15.2 Å². The number of carbonyl (C=O) groups excluding carboxylic acids is 1. The maximum Gasteiger partial charge on any atom is 0.259 e. The maximum atomic E-state index is 11.2. The van der Waals surface area contributed by atoms with Gasteiger partial charge in [0, 0.05) is 5.56 Å². The number of nitrogens with two attached hydrogens (primary N) is 1. The van der Waals surface area contributed by atoms with E-state index in [0.29, 0.717) is 24.5 Å². The summed E-state index contributed by atoms with van der Waals surface area (Å²) in [6.45, 7) is 4.86. The lowest BCUT2D eigenvalue weighted by Crippen LogP contribution is -2.13. The van der Waals surface area contributed by atoms with E-state index in [1.165, 1.54) is 11.6 Å². The number of carbonyl (C=O) groups is 1. The van der Waals surface area contributed by atoms with Gasteiger partial charge in [0.2, 0.25) is 0 Å². The van der Waals surface area contributed by atoms with Gasteiger partial charge in [-0.2, -0.15) is 5.26 Å². The van der Waals surface area contributed by atoms with Crippen molar-refractivity contribution in [2.75, 3.05) is 13.2 Å². The molecule has 0 heterocycles. The Kier molecular flexibility index (Phi) is 6.81. The van der Waals surface area contributed by atoms with Gasteiger partial charge >= 0.3 is 0 Å². The number of primary amides is 1. The molecule has 2 aromatic rings. The van der Waals surface area contributed by atoms with Crippen LogP contribution in [0.5, 0.6) is 11.5 Å². The van der Waals surface area contributed by atoms with Gasteiger partial charge in [-0.1, -0.05) is 31.2 Å². The van der Waals surface area contributed by atoms with Crippen molar-refractivity contribution in [2.24, 2.45) is 5.73 Å². The van der Waals surface area contributed by atoms with E-state index in [0.717, 1.165) is 17.7 Å². The molecule has 0 spiro atoms. The van der Waals surface area contributed by atoms with E-state index >= 15 is 0 Å². The van der Waals surface area contributed by atoms with Gasteiger partial charge in [-0.15, -0.1) is 0 Å². The van der Waals surface area contributed by atoms with Gasteiger partial charge in [-0.05, 0) is 48.7 Å². The Balaban J connectivity index is 2.00. The maximum absolute atomic E-state index is 11.2. The molecule has 2 aromatic carbocycles. The minimum atomic E-state index is -0.767. The third-order valence-corrected chi connectivity index (χ3v) is 3.73. The third kappa shape index (κ3) is 5.38.